The molecule has 0 bridgehead atoms. The van der Waals surface area contributed by atoms with Crippen molar-refractivity contribution in [3.63, 3.8) is 0 Å². The lowest BCUT2D eigenvalue weighted by atomic mass is 10.2. The van der Waals surface area contributed by atoms with E-state index in [1.165, 1.54) is 12.1 Å². The summed E-state index contributed by atoms with van der Waals surface area (Å²) in [6.45, 7) is 4.07. The molecule has 2 rings (SSSR count). The molecule has 1 heterocycles. The SMILES string of the molecule is CCn1ccc(CNCc2ccc(F)cc2F)c1. The Labute approximate surface area is 105 Å². The molecule has 0 saturated heterocycles. The van der Waals surface area contributed by atoms with Gasteiger partial charge in [0.05, 0.1) is 0 Å². The minimum absolute atomic E-state index is 0.392. The van der Waals surface area contributed by atoms with Gasteiger partial charge in [-0.2, -0.15) is 0 Å². The fourth-order valence-electron chi connectivity index (χ4n) is 1.80. The Kier molecular flexibility index (Phi) is 4.10. The van der Waals surface area contributed by atoms with Crippen LogP contribution in [0.5, 0.6) is 0 Å². The molecule has 4 heteroatoms. The lowest BCUT2D eigenvalue weighted by Gasteiger charge is -2.05. The summed E-state index contributed by atoms with van der Waals surface area (Å²) in [7, 11) is 0. The van der Waals surface area contributed by atoms with Gasteiger partial charge in [0.15, 0.2) is 0 Å². The van der Waals surface area contributed by atoms with E-state index >= 15 is 0 Å². The van der Waals surface area contributed by atoms with Crippen molar-refractivity contribution in [1.82, 2.24) is 9.88 Å². The number of rotatable bonds is 5. The number of halogens is 2. The van der Waals surface area contributed by atoms with Crippen molar-refractivity contribution in [3.8, 4) is 0 Å². The Morgan fingerprint density at radius 3 is 2.67 bits per heavy atom. The zero-order valence-corrected chi connectivity index (χ0v) is 10.3. The highest BCUT2D eigenvalue weighted by atomic mass is 19.1. The van der Waals surface area contributed by atoms with Crippen molar-refractivity contribution in [2.75, 3.05) is 0 Å². The summed E-state index contributed by atoms with van der Waals surface area (Å²) in [5.41, 5.74) is 1.63. The van der Waals surface area contributed by atoms with Gasteiger partial charge in [-0.15, -0.1) is 0 Å². The molecule has 0 radical (unpaired) electrons. The third kappa shape index (κ3) is 3.17. The normalized spacial score (nSPS) is 10.8. The van der Waals surface area contributed by atoms with E-state index in [1.54, 1.807) is 0 Å². The Morgan fingerprint density at radius 2 is 2.00 bits per heavy atom. The first-order valence-electron chi connectivity index (χ1n) is 5.98. The second-order valence-electron chi connectivity index (χ2n) is 4.19. The summed E-state index contributed by atoms with van der Waals surface area (Å²) in [4.78, 5) is 0. The van der Waals surface area contributed by atoms with Gasteiger partial charge in [-0.3, -0.25) is 0 Å². The first-order chi connectivity index (χ1) is 8.69. The third-order valence-electron chi connectivity index (χ3n) is 2.84. The minimum Gasteiger partial charge on any atom is -0.354 e. The molecule has 0 unspecified atom stereocenters. The summed E-state index contributed by atoms with van der Waals surface area (Å²) >= 11 is 0. The maximum atomic E-state index is 13.4. The number of benzene rings is 1. The van der Waals surface area contributed by atoms with Gasteiger partial charge >= 0.3 is 0 Å². The zero-order valence-electron chi connectivity index (χ0n) is 10.3. The van der Waals surface area contributed by atoms with Crippen molar-refractivity contribution < 1.29 is 8.78 Å². The largest absolute Gasteiger partial charge is 0.354 e. The molecule has 2 nitrogen and oxygen atoms in total. The average Bonchev–Trinajstić information content (AvgIpc) is 2.80. The van der Waals surface area contributed by atoms with E-state index in [0.29, 0.717) is 18.7 Å². The summed E-state index contributed by atoms with van der Waals surface area (Å²) in [5, 5.41) is 3.14. The van der Waals surface area contributed by atoms with Crippen LogP contribution in [-0.4, -0.2) is 4.57 Å². The van der Waals surface area contributed by atoms with Crippen LogP contribution in [0.4, 0.5) is 8.78 Å². The van der Waals surface area contributed by atoms with Gasteiger partial charge in [0.2, 0.25) is 0 Å². The number of nitrogens with zero attached hydrogens (tertiary/aromatic N) is 1. The van der Waals surface area contributed by atoms with Crippen LogP contribution in [0.15, 0.2) is 36.7 Å². The average molecular weight is 250 g/mol. The molecule has 0 aliphatic rings. The summed E-state index contributed by atoms with van der Waals surface area (Å²) < 4.78 is 28.1. The number of aromatic nitrogens is 1. The molecular formula is C14H16F2N2. The van der Waals surface area contributed by atoms with Crippen LogP contribution in [0.1, 0.15) is 18.1 Å². The van der Waals surface area contributed by atoms with Crippen LogP contribution < -0.4 is 5.32 Å². The predicted octanol–water partition coefficient (Wildman–Crippen LogP) is 3.08. The highest BCUT2D eigenvalue weighted by molar-refractivity contribution is 5.18. The first kappa shape index (κ1) is 12.8. The molecule has 1 N–H and O–H groups in total. The van der Waals surface area contributed by atoms with Gasteiger partial charge in [-0.05, 0) is 24.6 Å². The van der Waals surface area contributed by atoms with Crippen LogP contribution in [0.3, 0.4) is 0 Å². The molecule has 0 atom stereocenters. The molecule has 1 aromatic heterocycles. The van der Waals surface area contributed by atoms with Crippen molar-refractivity contribution >= 4 is 0 Å². The zero-order chi connectivity index (χ0) is 13.0. The van der Waals surface area contributed by atoms with Crippen LogP contribution in [-0.2, 0) is 19.6 Å². The van der Waals surface area contributed by atoms with Crippen LogP contribution in [0, 0.1) is 11.6 Å². The molecule has 2 aromatic rings. The van der Waals surface area contributed by atoms with Gasteiger partial charge in [0.25, 0.3) is 0 Å². The van der Waals surface area contributed by atoms with Crippen molar-refractivity contribution in [3.05, 3.63) is 59.4 Å². The molecule has 0 amide bonds. The van der Waals surface area contributed by atoms with Gasteiger partial charge < -0.3 is 9.88 Å². The summed E-state index contributed by atoms with van der Waals surface area (Å²) in [5.74, 6) is -1.05. The highest BCUT2D eigenvalue weighted by Gasteiger charge is 2.03. The second kappa shape index (κ2) is 5.78. The summed E-state index contributed by atoms with van der Waals surface area (Å²) in [6.07, 6.45) is 4.06. The fraction of sp³-hybridized carbons (Fsp3) is 0.286. The predicted molar refractivity (Wildman–Crippen MR) is 67.0 cm³/mol. The molecule has 0 fully saturated rings. The maximum Gasteiger partial charge on any atom is 0.130 e. The van der Waals surface area contributed by atoms with E-state index < -0.39 is 11.6 Å². The van der Waals surface area contributed by atoms with Gasteiger partial charge in [-0.25, -0.2) is 8.78 Å². The lowest BCUT2D eigenvalue weighted by molar-refractivity contribution is 0.560. The van der Waals surface area contributed by atoms with E-state index in [1.807, 2.05) is 18.5 Å². The number of hydrogen-bond donors (Lipinski definition) is 1. The van der Waals surface area contributed by atoms with E-state index in [-0.39, 0.29) is 0 Å². The van der Waals surface area contributed by atoms with Gasteiger partial charge in [-0.1, -0.05) is 6.07 Å². The van der Waals surface area contributed by atoms with Crippen LogP contribution >= 0.6 is 0 Å². The molecular weight excluding hydrogens is 234 g/mol. The van der Waals surface area contributed by atoms with Crippen molar-refractivity contribution in [1.29, 1.82) is 0 Å². The molecule has 18 heavy (non-hydrogen) atoms. The van der Waals surface area contributed by atoms with E-state index in [4.69, 9.17) is 0 Å². The van der Waals surface area contributed by atoms with E-state index in [2.05, 4.69) is 16.8 Å². The fourth-order valence-corrected chi connectivity index (χ4v) is 1.80. The molecule has 96 valence electrons. The lowest BCUT2D eigenvalue weighted by Crippen LogP contribution is -2.13. The Hall–Kier alpha value is -1.68. The topological polar surface area (TPSA) is 17.0 Å². The van der Waals surface area contributed by atoms with E-state index in [0.717, 1.165) is 18.2 Å². The Bertz CT molecular complexity index is 520. The molecule has 0 aliphatic heterocycles. The third-order valence-corrected chi connectivity index (χ3v) is 2.84. The summed E-state index contributed by atoms with van der Waals surface area (Å²) in [6, 6.07) is 5.67. The minimum atomic E-state index is -0.545. The number of aryl methyl sites for hydroxylation is 1. The number of hydrogen-bond acceptors (Lipinski definition) is 1. The Morgan fingerprint density at radius 1 is 1.17 bits per heavy atom. The Balaban J connectivity index is 1.88. The van der Waals surface area contributed by atoms with Crippen molar-refractivity contribution in [2.24, 2.45) is 0 Å². The van der Waals surface area contributed by atoms with Crippen LogP contribution in [0.2, 0.25) is 0 Å². The van der Waals surface area contributed by atoms with Gasteiger partial charge in [0.1, 0.15) is 11.6 Å². The smallest absolute Gasteiger partial charge is 0.130 e. The van der Waals surface area contributed by atoms with Crippen LogP contribution in [0.25, 0.3) is 0 Å². The molecule has 0 saturated carbocycles. The monoisotopic (exact) mass is 250 g/mol. The molecule has 0 aliphatic carbocycles. The molecule has 1 aromatic carbocycles. The highest BCUT2D eigenvalue weighted by Crippen LogP contribution is 2.09. The van der Waals surface area contributed by atoms with Crippen molar-refractivity contribution in [2.45, 2.75) is 26.6 Å². The quantitative estimate of drug-likeness (QED) is 0.863. The number of nitrogens with one attached hydrogen (secondary N) is 1. The standard InChI is InChI=1S/C14H16F2N2/c1-2-18-6-5-11(10-18)8-17-9-12-3-4-13(15)7-14(12)16/h3-7,10,17H,2,8-9H2,1H3. The molecule has 0 spiro atoms. The van der Waals surface area contributed by atoms with Gasteiger partial charge in [0, 0.05) is 43.7 Å². The van der Waals surface area contributed by atoms with E-state index in [9.17, 15) is 8.78 Å². The second-order valence-corrected chi connectivity index (χ2v) is 4.19. The maximum absolute atomic E-state index is 13.4. The first-order valence-corrected chi connectivity index (χ1v) is 5.98.